The van der Waals surface area contributed by atoms with E-state index in [1.807, 2.05) is 13.8 Å². The van der Waals surface area contributed by atoms with Gasteiger partial charge in [0.1, 0.15) is 5.69 Å². The Bertz CT molecular complexity index is 716. The molecule has 2 rings (SSSR count). The number of rotatable bonds is 5. The molecule has 1 amide bonds. The molecule has 0 aliphatic carbocycles. The summed E-state index contributed by atoms with van der Waals surface area (Å²) in [5, 5.41) is 5.39. The summed E-state index contributed by atoms with van der Waals surface area (Å²) in [5.41, 5.74) is -0.456. The summed E-state index contributed by atoms with van der Waals surface area (Å²) in [6.07, 6.45) is -3.07. The molecule has 0 aliphatic heterocycles. The average molecular weight is 338 g/mol. The fraction of sp³-hybridized carbons (Fsp3) is 0.312. The Morgan fingerprint density at radius 2 is 2.00 bits per heavy atom. The Morgan fingerprint density at radius 1 is 1.25 bits per heavy atom. The third-order valence-corrected chi connectivity index (χ3v) is 3.01. The van der Waals surface area contributed by atoms with E-state index in [-0.39, 0.29) is 23.2 Å². The van der Waals surface area contributed by atoms with E-state index in [2.05, 4.69) is 20.6 Å². The third-order valence-electron chi connectivity index (χ3n) is 3.01. The van der Waals surface area contributed by atoms with Gasteiger partial charge in [-0.3, -0.25) is 4.79 Å². The monoisotopic (exact) mass is 338 g/mol. The van der Waals surface area contributed by atoms with Crippen LogP contribution in [0.15, 0.2) is 36.5 Å². The second kappa shape index (κ2) is 7.29. The Balaban J connectivity index is 2.14. The maximum absolute atomic E-state index is 12.7. The second-order valence-corrected chi connectivity index (χ2v) is 5.57. The first-order valence-electron chi connectivity index (χ1n) is 7.31. The van der Waals surface area contributed by atoms with Crippen LogP contribution in [0.3, 0.4) is 0 Å². The van der Waals surface area contributed by atoms with Gasteiger partial charge in [-0.25, -0.2) is 9.97 Å². The Kier molecular flexibility index (Phi) is 5.38. The molecule has 1 aromatic carbocycles. The van der Waals surface area contributed by atoms with Gasteiger partial charge in [-0.15, -0.1) is 0 Å². The maximum atomic E-state index is 12.7. The molecule has 0 aliphatic rings. The van der Waals surface area contributed by atoms with Crippen molar-refractivity contribution in [3.63, 3.8) is 0 Å². The predicted molar refractivity (Wildman–Crippen MR) is 83.9 cm³/mol. The van der Waals surface area contributed by atoms with Crippen molar-refractivity contribution in [1.29, 1.82) is 0 Å². The molecule has 0 saturated carbocycles. The third kappa shape index (κ3) is 4.94. The lowest BCUT2D eigenvalue weighted by atomic mass is 10.2. The quantitative estimate of drug-likeness (QED) is 0.874. The van der Waals surface area contributed by atoms with Crippen molar-refractivity contribution < 1.29 is 18.0 Å². The molecule has 5 nitrogen and oxygen atoms in total. The van der Waals surface area contributed by atoms with E-state index in [4.69, 9.17) is 0 Å². The van der Waals surface area contributed by atoms with Crippen LogP contribution in [-0.4, -0.2) is 22.4 Å². The zero-order valence-corrected chi connectivity index (χ0v) is 13.2. The summed E-state index contributed by atoms with van der Waals surface area (Å²) in [4.78, 5) is 19.9. The summed E-state index contributed by atoms with van der Waals surface area (Å²) < 4.78 is 38.1. The normalized spacial score (nSPS) is 11.4. The first-order chi connectivity index (χ1) is 11.3. The van der Waals surface area contributed by atoms with Crippen LogP contribution in [0.1, 0.15) is 29.9 Å². The number of carbonyl (C=O) groups excluding carboxylic acids is 1. The van der Waals surface area contributed by atoms with Crippen LogP contribution < -0.4 is 10.6 Å². The molecule has 1 aromatic heterocycles. The smallest absolute Gasteiger partial charge is 0.350 e. The van der Waals surface area contributed by atoms with Crippen LogP contribution in [0.4, 0.5) is 24.8 Å². The second-order valence-electron chi connectivity index (χ2n) is 5.57. The van der Waals surface area contributed by atoms with Gasteiger partial charge in [0, 0.05) is 18.4 Å². The van der Waals surface area contributed by atoms with Crippen molar-refractivity contribution in [3.05, 3.63) is 47.8 Å². The van der Waals surface area contributed by atoms with E-state index in [1.54, 1.807) is 0 Å². The first kappa shape index (κ1) is 17.7. The molecule has 8 heteroatoms. The molecular formula is C16H17F3N4O. The zero-order chi connectivity index (χ0) is 17.7. The SMILES string of the molecule is CC(C)CNC(=O)c1ccnc(Nc2cccc(C(F)(F)F)c2)n1. The number of hydrogen-bond donors (Lipinski definition) is 2. The number of hydrogen-bond acceptors (Lipinski definition) is 4. The minimum Gasteiger partial charge on any atom is -0.350 e. The lowest BCUT2D eigenvalue weighted by Gasteiger charge is -2.10. The van der Waals surface area contributed by atoms with Crippen molar-refractivity contribution in [3.8, 4) is 0 Å². The molecule has 24 heavy (non-hydrogen) atoms. The highest BCUT2D eigenvalue weighted by Crippen LogP contribution is 2.31. The molecule has 0 unspecified atom stereocenters. The predicted octanol–water partition coefficient (Wildman–Crippen LogP) is 3.62. The van der Waals surface area contributed by atoms with Gasteiger partial charge in [0.15, 0.2) is 0 Å². The average Bonchev–Trinajstić information content (AvgIpc) is 2.52. The number of aromatic nitrogens is 2. The summed E-state index contributed by atoms with van der Waals surface area (Å²) in [6.45, 7) is 4.42. The number of alkyl halides is 3. The number of carbonyl (C=O) groups is 1. The van der Waals surface area contributed by atoms with Gasteiger partial charge in [0.05, 0.1) is 5.56 Å². The number of nitrogens with zero attached hydrogens (tertiary/aromatic N) is 2. The minimum atomic E-state index is -4.43. The Morgan fingerprint density at radius 3 is 2.67 bits per heavy atom. The van der Waals surface area contributed by atoms with Crippen LogP contribution in [0.5, 0.6) is 0 Å². The van der Waals surface area contributed by atoms with E-state index in [0.29, 0.717) is 12.5 Å². The van der Waals surface area contributed by atoms with Crippen LogP contribution in [0, 0.1) is 5.92 Å². The Hall–Kier alpha value is -2.64. The molecule has 0 fully saturated rings. The van der Waals surface area contributed by atoms with Gasteiger partial charge in [-0.2, -0.15) is 13.2 Å². The molecule has 0 spiro atoms. The highest BCUT2D eigenvalue weighted by atomic mass is 19.4. The molecule has 2 aromatic rings. The molecule has 0 bridgehead atoms. The Labute approximate surface area is 137 Å². The maximum Gasteiger partial charge on any atom is 0.416 e. The first-order valence-corrected chi connectivity index (χ1v) is 7.31. The summed E-state index contributed by atoms with van der Waals surface area (Å²) >= 11 is 0. The number of benzene rings is 1. The number of anilines is 2. The van der Waals surface area contributed by atoms with Gasteiger partial charge in [0.25, 0.3) is 5.91 Å². The molecule has 128 valence electrons. The van der Waals surface area contributed by atoms with Gasteiger partial charge in [0.2, 0.25) is 5.95 Å². The fourth-order valence-electron chi connectivity index (χ4n) is 1.84. The van der Waals surface area contributed by atoms with Gasteiger partial charge in [-0.1, -0.05) is 19.9 Å². The molecule has 0 atom stereocenters. The molecule has 0 saturated heterocycles. The van der Waals surface area contributed by atoms with Crippen molar-refractivity contribution in [2.75, 3.05) is 11.9 Å². The van der Waals surface area contributed by atoms with E-state index >= 15 is 0 Å². The topological polar surface area (TPSA) is 66.9 Å². The van der Waals surface area contributed by atoms with Crippen LogP contribution in [0.2, 0.25) is 0 Å². The van der Waals surface area contributed by atoms with Crippen molar-refractivity contribution in [2.45, 2.75) is 20.0 Å². The number of nitrogens with one attached hydrogen (secondary N) is 2. The highest BCUT2D eigenvalue weighted by Gasteiger charge is 2.30. The summed E-state index contributed by atoms with van der Waals surface area (Å²) in [5.74, 6) is -0.0248. The summed E-state index contributed by atoms with van der Waals surface area (Å²) in [6, 6.07) is 6.11. The lowest BCUT2D eigenvalue weighted by Crippen LogP contribution is -2.28. The summed E-state index contributed by atoms with van der Waals surface area (Å²) in [7, 11) is 0. The molecular weight excluding hydrogens is 321 g/mol. The number of halogens is 3. The molecule has 0 radical (unpaired) electrons. The highest BCUT2D eigenvalue weighted by molar-refractivity contribution is 5.92. The lowest BCUT2D eigenvalue weighted by molar-refractivity contribution is -0.137. The standard InChI is InChI=1S/C16H17F3N4O/c1-10(2)9-21-14(24)13-6-7-20-15(23-13)22-12-5-3-4-11(8-12)16(17,18)19/h3-8,10H,9H2,1-2H3,(H,21,24)(H,20,22,23). The van der Waals surface area contributed by atoms with E-state index < -0.39 is 11.7 Å². The van der Waals surface area contributed by atoms with Crippen LogP contribution in [0.25, 0.3) is 0 Å². The zero-order valence-electron chi connectivity index (χ0n) is 13.2. The van der Waals surface area contributed by atoms with Crippen LogP contribution in [-0.2, 0) is 6.18 Å². The fourth-order valence-corrected chi connectivity index (χ4v) is 1.84. The van der Waals surface area contributed by atoms with Gasteiger partial charge >= 0.3 is 6.18 Å². The van der Waals surface area contributed by atoms with E-state index in [1.165, 1.54) is 24.4 Å². The molecule has 1 heterocycles. The largest absolute Gasteiger partial charge is 0.416 e. The van der Waals surface area contributed by atoms with Gasteiger partial charge < -0.3 is 10.6 Å². The van der Waals surface area contributed by atoms with Crippen LogP contribution >= 0.6 is 0 Å². The van der Waals surface area contributed by atoms with Crippen molar-refractivity contribution in [2.24, 2.45) is 5.92 Å². The van der Waals surface area contributed by atoms with Crippen molar-refractivity contribution in [1.82, 2.24) is 15.3 Å². The number of amides is 1. The van der Waals surface area contributed by atoms with E-state index in [0.717, 1.165) is 12.1 Å². The minimum absolute atomic E-state index is 0.0477. The molecule has 2 N–H and O–H groups in total. The van der Waals surface area contributed by atoms with Gasteiger partial charge in [-0.05, 0) is 30.2 Å². The van der Waals surface area contributed by atoms with Crippen molar-refractivity contribution >= 4 is 17.5 Å². The van der Waals surface area contributed by atoms with E-state index in [9.17, 15) is 18.0 Å².